The average Bonchev–Trinajstić information content (AvgIpc) is 2.52. The summed E-state index contributed by atoms with van der Waals surface area (Å²) in [5.74, 6) is -0.639. The van der Waals surface area contributed by atoms with E-state index >= 15 is 0 Å². The molecule has 0 fully saturated rings. The Morgan fingerprint density at radius 3 is 2.44 bits per heavy atom. The number of carbonyl (C=O) groups excluding carboxylic acids is 2. The summed E-state index contributed by atoms with van der Waals surface area (Å²) in [6.07, 6.45) is 0.487. The lowest BCUT2D eigenvalue weighted by atomic mass is 9.98. The van der Waals surface area contributed by atoms with Crippen molar-refractivity contribution in [1.82, 2.24) is 10.6 Å². The van der Waals surface area contributed by atoms with Crippen molar-refractivity contribution in [2.75, 3.05) is 6.54 Å². The second kappa shape index (κ2) is 9.39. The first kappa shape index (κ1) is 20.9. The Hall–Kier alpha value is -2.11. The molecule has 2 unspecified atom stereocenters. The van der Waals surface area contributed by atoms with Gasteiger partial charge in [0.05, 0.1) is 0 Å². The summed E-state index contributed by atoms with van der Waals surface area (Å²) in [6.45, 7) is 9.42. The van der Waals surface area contributed by atoms with Gasteiger partial charge in [-0.15, -0.1) is 0 Å². The molecule has 0 aliphatic carbocycles. The topological polar surface area (TPSA) is 67.4 Å². The van der Waals surface area contributed by atoms with E-state index < -0.39 is 17.7 Å². The second-order valence-electron chi connectivity index (χ2n) is 7.14. The number of carbonyl (C=O) groups is 2. The lowest BCUT2D eigenvalue weighted by Gasteiger charge is -2.26. The van der Waals surface area contributed by atoms with Crippen molar-refractivity contribution in [1.29, 1.82) is 0 Å². The predicted molar refractivity (Wildman–Crippen MR) is 95.7 cm³/mol. The van der Waals surface area contributed by atoms with Crippen LogP contribution in [-0.4, -0.2) is 30.2 Å². The SMILES string of the molecule is CCC(C)C(NC(=O)OC(C)(C)C)C(=O)NCCc1ccccc1F. The Labute approximate surface area is 149 Å². The van der Waals surface area contributed by atoms with Crippen LogP contribution in [0.5, 0.6) is 0 Å². The molecule has 0 spiro atoms. The summed E-state index contributed by atoms with van der Waals surface area (Å²) in [4.78, 5) is 24.4. The number of amides is 2. The van der Waals surface area contributed by atoms with E-state index in [2.05, 4.69) is 10.6 Å². The van der Waals surface area contributed by atoms with Gasteiger partial charge in [-0.05, 0) is 44.7 Å². The van der Waals surface area contributed by atoms with Gasteiger partial charge in [-0.25, -0.2) is 9.18 Å². The van der Waals surface area contributed by atoms with Gasteiger partial charge in [-0.1, -0.05) is 38.5 Å². The van der Waals surface area contributed by atoms with Crippen molar-refractivity contribution in [3.63, 3.8) is 0 Å². The standard InChI is InChI=1S/C19H29FN2O3/c1-6-13(2)16(22-18(24)25-19(3,4)5)17(23)21-12-11-14-9-7-8-10-15(14)20/h7-10,13,16H,6,11-12H2,1-5H3,(H,21,23)(H,22,24). The highest BCUT2D eigenvalue weighted by molar-refractivity contribution is 5.85. The van der Waals surface area contributed by atoms with Gasteiger partial charge < -0.3 is 15.4 Å². The zero-order valence-corrected chi connectivity index (χ0v) is 15.7. The molecule has 1 aromatic rings. The fourth-order valence-electron chi connectivity index (χ4n) is 2.27. The first-order valence-electron chi connectivity index (χ1n) is 8.64. The van der Waals surface area contributed by atoms with Crippen LogP contribution in [0.25, 0.3) is 0 Å². The van der Waals surface area contributed by atoms with Crippen molar-refractivity contribution in [3.05, 3.63) is 35.6 Å². The molecule has 2 atom stereocenters. The van der Waals surface area contributed by atoms with E-state index in [0.29, 0.717) is 18.5 Å². The fourth-order valence-corrected chi connectivity index (χ4v) is 2.27. The molecular formula is C19H29FN2O3. The fraction of sp³-hybridized carbons (Fsp3) is 0.579. The Bertz CT molecular complexity index is 584. The van der Waals surface area contributed by atoms with Gasteiger partial charge in [0.2, 0.25) is 5.91 Å². The molecule has 0 radical (unpaired) electrons. The van der Waals surface area contributed by atoms with Gasteiger partial charge in [0, 0.05) is 6.54 Å². The lowest BCUT2D eigenvalue weighted by molar-refractivity contribution is -0.124. The molecular weight excluding hydrogens is 323 g/mol. The molecule has 140 valence electrons. The molecule has 2 N–H and O–H groups in total. The number of alkyl carbamates (subject to hydrolysis) is 1. The van der Waals surface area contributed by atoms with E-state index in [-0.39, 0.29) is 17.6 Å². The Balaban J connectivity index is 2.61. The third-order valence-electron chi connectivity index (χ3n) is 3.82. The number of hydrogen-bond donors (Lipinski definition) is 2. The summed E-state index contributed by atoms with van der Waals surface area (Å²) >= 11 is 0. The van der Waals surface area contributed by atoms with E-state index in [1.807, 2.05) is 13.8 Å². The van der Waals surface area contributed by atoms with Gasteiger partial charge in [0.25, 0.3) is 0 Å². The van der Waals surface area contributed by atoms with Crippen molar-refractivity contribution in [2.45, 2.75) is 59.1 Å². The molecule has 0 aliphatic rings. The van der Waals surface area contributed by atoms with E-state index in [1.165, 1.54) is 6.07 Å². The minimum Gasteiger partial charge on any atom is -0.444 e. The van der Waals surface area contributed by atoms with Gasteiger partial charge in [0.1, 0.15) is 17.5 Å². The third kappa shape index (κ3) is 7.54. The molecule has 0 bridgehead atoms. The summed E-state index contributed by atoms with van der Waals surface area (Å²) < 4.78 is 18.8. The molecule has 2 amide bonds. The highest BCUT2D eigenvalue weighted by Crippen LogP contribution is 2.12. The molecule has 5 nitrogen and oxygen atoms in total. The van der Waals surface area contributed by atoms with Gasteiger partial charge >= 0.3 is 6.09 Å². The van der Waals surface area contributed by atoms with Gasteiger partial charge in [-0.3, -0.25) is 4.79 Å². The zero-order chi connectivity index (χ0) is 19.0. The summed E-state index contributed by atoms with van der Waals surface area (Å²) in [5.41, 5.74) is -0.0891. The first-order chi connectivity index (χ1) is 11.6. The lowest BCUT2D eigenvalue weighted by Crippen LogP contribution is -2.51. The molecule has 1 aromatic carbocycles. The zero-order valence-electron chi connectivity index (χ0n) is 15.7. The van der Waals surface area contributed by atoms with Crippen molar-refractivity contribution in [3.8, 4) is 0 Å². The summed E-state index contributed by atoms with van der Waals surface area (Å²) in [6, 6.07) is 5.77. The van der Waals surface area contributed by atoms with E-state index in [1.54, 1.807) is 39.0 Å². The quantitative estimate of drug-likeness (QED) is 0.790. The summed E-state index contributed by atoms with van der Waals surface area (Å²) in [7, 11) is 0. The van der Waals surface area contributed by atoms with E-state index in [9.17, 15) is 14.0 Å². The molecule has 0 aliphatic heterocycles. The maximum atomic E-state index is 13.6. The monoisotopic (exact) mass is 352 g/mol. The molecule has 0 saturated carbocycles. The molecule has 0 saturated heterocycles. The second-order valence-corrected chi connectivity index (χ2v) is 7.14. The highest BCUT2D eigenvalue weighted by atomic mass is 19.1. The Kier molecular flexibility index (Phi) is 7.87. The number of rotatable bonds is 7. The largest absolute Gasteiger partial charge is 0.444 e. The number of hydrogen-bond acceptors (Lipinski definition) is 3. The predicted octanol–water partition coefficient (Wildman–Crippen LogP) is 3.42. The Morgan fingerprint density at radius 2 is 1.88 bits per heavy atom. The van der Waals surface area contributed by atoms with Crippen molar-refractivity contribution in [2.24, 2.45) is 5.92 Å². The van der Waals surface area contributed by atoms with E-state index in [0.717, 1.165) is 6.42 Å². The van der Waals surface area contributed by atoms with Crippen LogP contribution in [0.1, 0.15) is 46.6 Å². The van der Waals surface area contributed by atoms with Crippen LogP contribution in [0, 0.1) is 11.7 Å². The Morgan fingerprint density at radius 1 is 1.24 bits per heavy atom. The minimum atomic E-state index is -0.694. The molecule has 1 rings (SSSR count). The van der Waals surface area contributed by atoms with Crippen LogP contribution in [0.2, 0.25) is 0 Å². The number of benzene rings is 1. The third-order valence-corrected chi connectivity index (χ3v) is 3.82. The normalized spacial score (nSPS) is 13.7. The molecule has 0 aromatic heterocycles. The average molecular weight is 352 g/mol. The number of ether oxygens (including phenoxy) is 1. The maximum Gasteiger partial charge on any atom is 0.408 e. The van der Waals surface area contributed by atoms with E-state index in [4.69, 9.17) is 4.74 Å². The van der Waals surface area contributed by atoms with Crippen molar-refractivity contribution < 1.29 is 18.7 Å². The minimum absolute atomic E-state index is 0.0546. The smallest absolute Gasteiger partial charge is 0.408 e. The van der Waals surface area contributed by atoms with Gasteiger partial charge in [-0.2, -0.15) is 0 Å². The molecule has 6 heteroatoms. The van der Waals surface area contributed by atoms with Crippen LogP contribution in [0.15, 0.2) is 24.3 Å². The summed E-state index contributed by atoms with van der Waals surface area (Å²) in [5, 5.41) is 5.40. The molecule has 25 heavy (non-hydrogen) atoms. The van der Waals surface area contributed by atoms with Crippen LogP contribution < -0.4 is 10.6 Å². The highest BCUT2D eigenvalue weighted by Gasteiger charge is 2.28. The maximum absolute atomic E-state index is 13.6. The van der Waals surface area contributed by atoms with Crippen LogP contribution in [0.4, 0.5) is 9.18 Å². The van der Waals surface area contributed by atoms with Crippen molar-refractivity contribution >= 4 is 12.0 Å². The van der Waals surface area contributed by atoms with Crippen LogP contribution in [0.3, 0.4) is 0 Å². The van der Waals surface area contributed by atoms with Crippen LogP contribution >= 0.6 is 0 Å². The molecule has 0 heterocycles. The first-order valence-corrected chi connectivity index (χ1v) is 8.64. The number of halogens is 1. The van der Waals surface area contributed by atoms with Gasteiger partial charge in [0.15, 0.2) is 0 Å². The number of nitrogens with one attached hydrogen (secondary N) is 2. The van der Waals surface area contributed by atoms with Crippen LogP contribution in [-0.2, 0) is 16.0 Å².